The van der Waals surface area contributed by atoms with Crippen LogP contribution in [0.3, 0.4) is 0 Å². The maximum atomic E-state index is 13.9. The van der Waals surface area contributed by atoms with Crippen molar-refractivity contribution in [1.29, 1.82) is 0 Å². The Labute approximate surface area is 388 Å². The van der Waals surface area contributed by atoms with Gasteiger partial charge in [-0.3, -0.25) is 9.59 Å². The van der Waals surface area contributed by atoms with E-state index in [1.54, 1.807) is 26.2 Å². The molecular weight excluding hydrogens is 843 g/mol. The van der Waals surface area contributed by atoms with Gasteiger partial charge < -0.3 is 39.5 Å². The summed E-state index contributed by atoms with van der Waals surface area (Å²) in [4.78, 5) is 43.9. The van der Waals surface area contributed by atoms with Crippen LogP contribution in [0.2, 0.25) is 0 Å². The number of nitrogens with one attached hydrogen (secondary N) is 4. The lowest BCUT2D eigenvalue weighted by atomic mass is 9.85. The van der Waals surface area contributed by atoms with Crippen LogP contribution in [-0.4, -0.2) is 89.3 Å². The zero-order chi connectivity index (χ0) is 48.0. The molecule has 4 atom stereocenters. The number of hydrogen-bond acceptors (Lipinski definition) is 8. The first-order chi connectivity index (χ1) is 31.4. The van der Waals surface area contributed by atoms with Crippen LogP contribution in [0.25, 0.3) is 33.6 Å². The van der Waals surface area contributed by atoms with Crippen molar-refractivity contribution in [2.45, 2.75) is 98.6 Å². The minimum Gasteiger partial charge on any atom is -0.378 e. The number of hydrogen-bond donors (Lipinski definition) is 4. The SMILES string of the molecule is CC=CCCOCC(C)(OCCF)C(=O)NC(c1ncc(-c2ccc(-c3ccc(-c4cnc(C(NC(=O)C(C)(COCc5ccccc5)OCCF)C(C)(C)C)[nH]4)cc3)cc2)[nH]1)C(C)(C)C. The molecule has 0 saturated heterocycles. The number of carbonyl (C=O) groups excluding carboxylic acids is 2. The maximum Gasteiger partial charge on any atom is 0.254 e. The summed E-state index contributed by atoms with van der Waals surface area (Å²) in [5, 5.41) is 6.23. The van der Waals surface area contributed by atoms with Crippen molar-refractivity contribution in [3.63, 3.8) is 0 Å². The number of H-pyrrole nitrogens is 2. The van der Waals surface area contributed by atoms with Gasteiger partial charge in [0.25, 0.3) is 11.8 Å². The lowest BCUT2D eigenvalue weighted by Crippen LogP contribution is -2.53. The molecule has 14 heteroatoms. The Morgan fingerprint density at radius 2 is 1.05 bits per heavy atom. The third-order valence-corrected chi connectivity index (χ3v) is 11.2. The number of imidazole rings is 2. The second kappa shape index (κ2) is 23.3. The molecule has 0 fully saturated rings. The molecule has 12 nitrogen and oxygen atoms in total. The van der Waals surface area contributed by atoms with Gasteiger partial charge in [-0.15, -0.1) is 0 Å². The fourth-order valence-electron chi connectivity index (χ4n) is 7.30. The fourth-order valence-corrected chi connectivity index (χ4v) is 7.30. The van der Waals surface area contributed by atoms with Crippen LogP contribution in [0.15, 0.2) is 103 Å². The first-order valence-electron chi connectivity index (χ1n) is 22.5. The molecule has 4 N–H and O–H groups in total. The molecule has 0 spiro atoms. The first-order valence-corrected chi connectivity index (χ1v) is 22.5. The van der Waals surface area contributed by atoms with Crippen LogP contribution >= 0.6 is 0 Å². The monoisotopic (exact) mass is 911 g/mol. The predicted octanol–water partition coefficient (Wildman–Crippen LogP) is 10.2. The van der Waals surface area contributed by atoms with E-state index in [0.717, 1.165) is 39.2 Å². The van der Waals surface area contributed by atoms with Gasteiger partial charge in [-0.1, -0.05) is 133 Å². The Balaban J connectivity index is 1.26. The molecule has 2 heterocycles. The summed E-state index contributed by atoms with van der Waals surface area (Å²) in [6.07, 6.45) is 8.10. The van der Waals surface area contributed by atoms with E-state index in [1.165, 1.54) is 0 Å². The van der Waals surface area contributed by atoms with E-state index in [0.29, 0.717) is 24.7 Å². The predicted molar refractivity (Wildman–Crippen MR) is 255 cm³/mol. The Hall–Kier alpha value is -5.54. The van der Waals surface area contributed by atoms with Crippen molar-refractivity contribution in [3.05, 3.63) is 121 Å². The summed E-state index contributed by atoms with van der Waals surface area (Å²) in [6, 6.07) is 24.8. The number of aromatic amines is 2. The zero-order valence-corrected chi connectivity index (χ0v) is 39.9. The number of carbonyl (C=O) groups is 2. The van der Waals surface area contributed by atoms with E-state index in [4.69, 9.17) is 28.9 Å². The molecule has 0 bridgehead atoms. The quantitative estimate of drug-likeness (QED) is 0.0353. The van der Waals surface area contributed by atoms with Gasteiger partial charge in [-0.2, -0.15) is 0 Å². The van der Waals surface area contributed by atoms with Crippen LogP contribution in [0, 0.1) is 10.8 Å². The van der Waals surface area contributed by atoms with Gasteiger partial charge in [-0.05, 0) is 65.8 Å². The van der Waals surface area contributed by atoms with E-state index in [2.05, 4.69) is 20.6 Å². The Morgan fingerprint density at radius 1 is 0.621 bits per heavy atom. The second-order valence-corrected chi connectivity index (χ2v) is 19.0. The molecule has 3 aromatic carbocycles. The van der Waals surface area contributed by atoms with Gasteiger partial charge in [0.2, 0.25) is 0 Å². The largest absolute Gasteiger partial charge is 0.378 e. The lowest BCUT2D eigenvalue weighted by Gasteiger charge is -2.34. The number of halogens is 2. The molecule has 0 aliphatic heterocycles. The second-order valence-electron chi connectivity index (χ2n) is 19.0. The molecule has 0 aliphatic rings. The summed E-state index contributed by atoms with van der Waals surface area (Å²) in [5.41, 5.74) is 2.63. The number of amides is 2. The van der Waals surface area contributed by atoms with Gasteiger partial charge >= 0.3 is 0 Å². The van der Waals surface area contributed by atoms with Crippen molar-refractivity contribution in [2.75, 3.05) is 46.4 Å². The van der Waals surface area contributed by atoms with Crippen LogP contribution in [0.1, 0.15) is 98.0 Å². The van der Waals surface area contributed by atoms with Crippen molar-refractivity contribution >= 4 is 11.8 Å². The molecule has 66 heavy (non-hydrogen) atoms. The Bertz CT molecular complexity index is 2300. The highest BCUT2D eigenvalue weighted by Crippen LogP contribution is 2.36. The number of rotatable bonds is 24. The van der Waals surface area contributed by atoms with E-state index >= 15 is 0 Å². The highest BCUT2D eigenvalue weighted by molar-refractivity contribution is 5.86. The topological polar surface area (TPSA) is 152 Å². The Morgan fingerprint density at radius 3 is 1.45 bits per heavy atom. The van der Waals surface area contributed by atoms with Gasteiger partial charge in [0.05, 0.1) is 75.5 Å². The molecular formula is C52H68F2N6O6. The van der Waals surface area contributed by atoms with Gasteiger partial charge in [0.15, 0.2) is 11.2 Å². The van der Waals surface area contributed by atoms with Crippen molar-refractivity contribution in [1.82, 2.24) is 30.6 Å². The molecule has 0 radical (unpaired) electrons. The van der Waals surface area contributed by atoms with E-state index in [1.807, 2.05) is 139 Å². The number of aromatic nitrogens is 4. The van der Waals surface area contributed by atoms with Crippen LogP contribution in [-0.2, 0) is 35.1 Å². The van der Waals surface area contributed by atoms with Gasteiger partial charge in [0, 0.05) is 0 Å². The molecule has 0 aliphatic carbocycles. The van der Waals surface area contributed by atoms with Gasteiger partial charge in [0.1, 0.15) is 25.0 Å². The molecule has 5 rings (SSSR count). The first kappa shape index (κ1) is 51.4. The molecule has 0 saturated carbocycles. The average molecular weight is 911 g/mol. The number of nitrogens with zero attached hydrogens (tertiary/aromatic N) is 2. The molecule has 5 aromatic rings. The molecule has 4 unspecified atom stereocenters. The summed E-state index contributed by atoms with van der Waals surface area (Å²) in [5.74, 6) is 0.310. The lowest BCUT2D eigenvalue weighted by molar-refractivity contribution is -0.156. The highest BCUT2D eigenvalue weighted by atomic mass is 19.1. The highest BCUT2D eigenvalue weighted by Gasteiger charge is 2.41. The minimum absolute atomic E-state index is 0.0246. The molecule has 2 aromatic heterocycles. The molecule has 356 valence electrons. The summed E-state index contributed by atoms with van der Waals surface area (Å²) < 4.78 is 49.7. The number of benzene rings is 3. The number of ether oxygens (including phenoxy) is 4. The third-order valence-electron chi connectivity index (χ3n) is 11.2. The van der Waals surface area contributed by atoms with E-state index < -0.39 is 59.3 Å². The van der Waals surface area contributed by atoms with Crippen LogP contribution in [0.5, 0.6) is 0 Å². The summed E-state index contributed by atoms with van der Waals surface area (Å²) in [6.45, 7) is 15.9. The zero-order valence-electron chi connectivity index (χ0n) is 39.9. The maximum absolute atomic E-state index is 13.9. The summed E-state index contributed by atoms with van der Waals surface area (Å²) in [7, 11) is 0. The van der Waals surface area contributed by atoms with E-state index in [9.17, 15) is 18.4 Å². The number of alkyl halides is 2. The van der Waals surface area contributed by atoms with E-state index in [-0.39, 0.29) is 33.0 Å². The average Bonchev–Trinajstić information content (AvgIpc) is 3.99. The normalized spacial score (nSPS) is 15.0. The smallest absolute Gasteiger partial charge is 0.254 e. The molecule has 2 amide bonds. The van der Waals surface area contributed by atoms with Crippen molar-refractivity contribution in [3.8, 4) is 33.6 Å². The third kappa shape index (κ3) is 14.0. The number of allylic oxidation sites excluding steroid dienone is 1. The Kier molecular flexibility index (Phi) is 18.1. The fraction of sp³-hybridized carbons (Fsp3) is 0.462. The standard InChI is InChI=1S/C52H68F2N6O6/c1-10-11-15-28-63-34-51(8,65-29-26-53)47(61)59-43(49(2,3)4)45-55-31-41(57-45)39-22-18-37(19-23-39)38-20-24-40(25-21-38)42-32-56-46(58-42)44(50(5,6)7)60-48(62)52(9,66-30-27-54)35-64-33-36-16-13-12-14-17-36/h10-14,16-25,31-32,43-44H,15,26-30,33-35H2,1-9H3,(H,55,57)(H,56,58)(H,59,61)(H,60,62). The van der Waals surface area contributed by atoms with Crippen molar-refractivity contribution < 1.29 is 37.3 Å². The van der Waals surface area contributed by atoms with Crippen LogP contribution in [0.4, 0.5) is 8.78 Å². The van der Waals surface area contributed by atoms with Gasteiger partial charge in [-0.25, -0.2) is 18.7 Å². The van der Waals surface area contributed by atoms with Crippen LogP contribution < -0.4 is 10.6 Å². The summed E-state index contributed by atoms with van der Waals surface area (Å²) >= 11 is 0. The van der Waals surface area contributed by atoms with Crippen molar-refractivity contribution in [2.24, 2.45) is 10.8 Å². The minimum atomic E-state index is -1.44.